The molecule has 0 atom stereocenters. The van der Waals surface area contributed by atoms with Gasteiger partial charge in [0.15, 0.2) is 5.75 Å². The summed E-state index contributed by atoms with van der Waals surface area (Å²) < 4.78 is 5.06. The van der Waals surface area contributed by atoms with Crippen molar-refractivity contribution in [1.29, 1.82) is 10.7 Å². The van der Waals surface area contributed by atoms with Gasteiger partial charge in [-0.3, -0.25) is 4.79 Å². The van der Waals surface area contributed by atoms with Crippen molar-refractivity contribution in [2.45, 2.75) is 26.3 Å². The monoisotopic (exact) mass is 334 g/mol. The molecule has 0 radical (unpaired) electrons. The zero-order valence-electron chi connectivity index (χ0n) is 13.5. The largest absolute Gasteiger partial charge is 0.494 e. The minimum Gasteiger partial charge on any atom is -0.494 e. The summed E-state index contributed by atoms with van der Waals surface area (Å²) in [4.78, 5) is 12.4. The van der Waals surface area contributed by atoms with Crippen LogP contribution in [0, 0.1) is 16.7 Å². The number of nitrogens with zero attached hydrogens (tertiary/aromatic N) is 1. The van der Waals surface area contributed by atoms with Gasteiger partial charge in [-0.2, -0.15) is 5.26 Å². The van der Waals surface area contributed by atoms with Crippen LogP contribution in [0.15, 0.2) is 23.9 Å². The van der Waals surface area contributed by atoms with E-state index in [1.54, 1.807) is 27.0 Å². The van der Waals surface area contributed by atoms with Crippen molar-refractivity contribution < 1.29 is 9.53 Å². The van der Waals surface area contributed by atoms with Crippen molar-refractivity contribution in [3.05, 3.63) is 34.5 Å². The number of rotatable bonds is 6. The van der Waals surface area contributed by atoms with Gasteiger partial charge in [-0.05, 0) is 38.5 Å². The van der Waals surface area contributed by atoms with Crippen LogP contribution in [-0.2, 0) is 4.79 Å². The van der Waals surface area contributed by atoms with Crippen LogP contribution in [0.25, 0.3) is 0 Å². The number of nitrogens with one attached hydrogen (secondary N) is 3. The van der Waals surface area contributed by atoms with Gasteiger partial charge in [0.25, 0.3) is 0 Å². The molecule has 1 amide bonds. The van der Waals surface area contributed by atoms with E-state index in [9.17, 15) is 4.79 Å². The number of amides is 1. The Morgan fingerprint density at radius 2 is 2.13 bits per heavy atom. The first kappa shape index (κ1) is 18.5. The molecule has 0 unspecified atom stereocenters. The summed E-state index contributed by atoms with van der Waals surface area (Å²) in [5, 5.41) is 22.1. The Morgan fingerprint density at radius 1 is 1.48 bits per heavy atom. The fraction of sp³-hybridized carbons (Fsp3) is 0.312. The van der Waals surface area contributed by atoms with Crippen LogP contribution in [0.1, 0.15) is 26.3 Å². The standard InChI is InChI=1S/C16H19ClN4O2/c1-10(7-18)9-20-16(2,3)15(22)21-12-5-11(8-19)14(23-4)13(17)6-12/h5-7,9,18,20H,1-4H3,(H,21,22)/b10-9-,18-7?. The third kappa shape index (κ3) is 4.73. The van der Waals surface area contributed by atoms with E-state index in [0.29, 0.717) is 11.3 Å². The fourth-order valence-electron chi connectivity index (χ4n) is 1.64. The Hall–Kier alpha value is -2.52. The first-order valence-corrected chi connectivity index (χ1v) is 7.17. The average Bonchev–Trinajstić information content (AvgIpc) is 2.51. The van der Waals surface area contributed by atoms with Crippen molar-refractivity contribution in [2.24, 2.45) is 0 Å². The van der Waals surface area contributed by atoms with Gasteiger partial charge >= 0.3 is 0 Å². The first-order valence-electron chi connectivity index (χ1n) is 6.79. The number of anilines is 1. The number of halogens is 1. The highest BCUT2D eigenvalue weighted by atomic mass is 35.5. The lowest BCUT2D eigenvalue weighted by Crippen LogP contribution is -2.47. The zero-order chi connectivity index (χ0) is 17.6. The molecule has 6 nitrogen and oxygen atoms in total. The molecule has 1 aromatic carbocycles. The Morgan fingerprint density at radius 3 is 2.65 bits per heavy atom. The van der Waals surface area contributed by atoms with Gasteiger partial charge in [-0.15, -0.1) is 0 Å². The molecule has 1 rings (SSSR count). The molecule has 7 heteroatoms. The number of carbonyl (C=O) groups excluding carboxylic acids is 1. The molecule has 0 aromatic heterocycles. The fourth-order valence-corrected chi connectivity index (χ4v) is 1.94. The van der Waals surface area contributed by atoms with Crippen molar-refractivity contribution in [3.63, 3.8) is 0 Å². The second-order valence-corrected chi connectivity index (χ2v) is 5.81. The van der Waals surface area contributed by atoms with Crippen LogP contribution in [0.5, 0.6) is 5.75 Å². The average molecular weight is 335 g/mol. The Balaban J connectivity index is 2.99. The molecule has 3 N–H and O–H groups in total. The van der Waals surface area contributed by atoms with E-state index in [1.807, 2.05) is 6.07 Å². The predicted molar refractivity (Wildman–Crippen MR) is 91.1 cm³/mol. The molecule has 0 fully saturated rings. The van der Waals surface area contributed by atoms with Crippen molar-refractivity contribution in [1.82, 2.24) is 5.32 Å². The second-order valence-electron chi connectivity index (χ2n) is 5.41. The molecule has 1 aromatic rings. The third-order valence-corrected chi connectivity index (χ3v) is 3.36. The maximum absolute atomic E-state index is 12.4. The lowest BCUT2D eigenvalue weighted by molar-refractivity contribution is -0.120. The summed E-state index contributed by atoms with van der Waals surface area (Å²) in [6, 6.07) is 5.00. The Labute approximate surface area is 140 Å². The van der Waals surface area contributed by atoms with Gasteiger partial charge in [-0.25, -0.2) is 0 Å². The molecule has 0 aliphatic rings. The minimum absolute atomic E-state index is 0.237. The van der Waals surface area contributed by atoms with Crippen LogP contribution in [0.2, 0.25) is 5.02 Å². The predicted octanol–water partition coefficient (Wildman–Crippen LogP) is 3.08. The maximum atomic E-state index is 12.4. The van der Waals surface area contributed by atoms with E-state index in [-0.39, 0.29) is 22.2 Å². The molecular weight excluding hydrogens is 316 g/mol. The molecule has 0 aliphatic carbocycles. The zero-order valence-corrected chi connectivity index (χ0v) is 14.2. The molecule has 0 saturated heterocycles. The minimum atomic E-state index is -0.913. The van der Waals surface area contributed by atoms with E-state index in [1.165, 1.54) is 25.5 Å². The lowest BCUT2D eigenvalue weighted by Gasteiger charge is -2.24. The topological polar surface area (TPSA) is 98.0 Å². The third-order valence-electron chi connectivity index (χ3n) is 3.08. The van der Waals surface area contributed by atoms with Gasteiger partial charge in [0.1, 0.15) is 11.6 Å². The number of nitriles is 1. The lowest BCUT2D eigenvalue weighted by atomic mass is 10.0. The summed E-state index contributed by atoms with van der Waals surface area (Å²) in [6.07, 6.45) is 2.78. The van der Waals surface area contributed by atoms with Crippen molar-refractivity contribution in [2.75, 3.05) is 12.4 Å². The van der Waals surface area contributed by atoms with Crippen molar-refractivity contribution >= 4 is 29.4 Å². The van der Waals surface area contributed by atoms with E-state index >= 15 is 0 Å². The van der Waals surface area contributed by atoms with Crippen LogP contribution in [0.4, 0.5) is 5.69 Å². The van der Waals surface area contributed by atoms with Gasteiger partial charge in [0.2, 0.25) is 5.91 Å². The second kappa shape index (κ2) is 7.65. The first-order chi connectivity index (χ1) is 10.7. The molecule has 23 heavy (non-hydrogen) atoms. The summed E-state index contributed by atoms with van der Waals surface area (Å²) >= 11 is 6.06. The van der Waals surface area contributed by atoms with E-state index < -0.39 is 5.54 Å². The number of benzene rings is 1. The molecule has 0 spiro atoms. The Bertz CT molecular complexity index is 690. The SMILES string of the molecule is COc1c(Cl)cc(NC(=O)C(C)(C)N/C=C(/C)C=N)cc1C#N. The molecule has 0 saturated carbocycles. The van der Waals surface area contributed by atoms with E-state index in [0.717, 1.165) is 0 Å². The number of allylic oxidation sites excluding steroid dienone is 1. The smallest absolute Gasteiger partial charge is 0.249 e. The number of carbonyl (C=O) groups is 1. The Kier molecular flexibility index (Phi) is 6.17. The highest BCUT2D eigenvalue weighted by Crippen LogP contribution is 2.32. The van der Waals surface area contributed by atoms with Crippen LogP contribution >= 0.6 is 11.6 Å². The van der Waals surface area contributed by atoms with Crippen LogP contribution < -0.4 is 15.4 Å². The number of ether oxygens (including phenoxy) is 1. The maximum Gasteiger partial charge on any atom is 0.249 e. The molecule has 0 bridgehead atoms. The van der Waals surface area contributed by atoms with E-state index in [2.05, 4.69) is 10.6 Å². The van der Waals surface area contributed by atoms with E-state index in [4.69, 9.17) is 27.0 Å². The van der Waals surface area contributed by atoms with Gasteiger partial charge in [0.05, 0.1) is 17.7 Å². The summed E-state index contributed by atoms with van der Waals surface area (Å²) in [7, 11) is 1.42. The number of hydrogen-bond acceptors (Lipinski definition) is 5. The highest BCUT2D eigenvalue weighted by molar-refractivity contribution is 6.32. The summed E-state index contributed by atoms with van der Waals surface area (Å²) in [6.45, 7) is 5.15. The summed E-state index contributed by atoms with van der Waals surface area (Å²) in [5.74, 6) is -0.0363. The van der Waals surface area contributed by atoms with Gasteiger partial charge < -0.3 is 20.8 Å². The number of hydrogen-bond donors (Lipinski definition) is 3. The van der Waals surface area contributed by atoms with Crippen LogP contribution in [-0.4, -0.2) is 24.8 Å². The molecule has 0 heterocycles. The van der Waals surface area contributed by atoms with Gasteiger partial charge in [0, 0.05) is 18.1 Å². The van der Waals surface area contributed by atoms with Crippen LogP contribution in [0.3, 0.4) is 0 Å². The number of methoxy groups -OCH3 is 1. The quantitative estimate of drug-likeness (QED) is 0.696. The summed E-state index contributed by atoms with van der Waals surface area (Å²) in [5.41, 5.74) is 0.412. The molecule has 0 aliphatic heterocycles. The normalized spacial score (nSPS) is 11.4. The molecule has 122 valence electrons. The van der Waals surface area contributed by atoms with Gasteiger partial charge in [-0.1, -0.05) is 11.6 Å². The molecular formula is C16H19ClN4O2. The highest BCUT2D eigenvalue weighted by Gasteiger charge is 2.26. The van der Waals surface area contributed by atoms with Crippen molar-refractivity contribution in [3.8, 4) is 11.8 Å².